The Morgan fingerprint density at radius 2 is 1.67 bits per heavy atom. The Morgan fingerprint density at radius 1 is 0.952 bits per heavy atom. The fourth-order valence-electron chi connectivity index (χ4n) is 2.43. The molecule has 7 heteroatoms. The van der Waals surface area contributed by atoms with E-state index in [0.717, 1.165) is 25.7 Å². The van der Waals surface area contributed by atoms with Gasteiger partial charge in [-0.05, 0) is 32.1 Å². The molecule has 0 aromatic heterocycles. The molecule has 0 aromatic rings. The first kappa shape index (κ1) is 18.8. The minimum absolute atomic E-state index is 0.0539. The van der Waals surface area contributed by atoms with Crippen molar-refractivity contribution in [3.63, 3.8) is 0 Å². The third-order valence-electron chi connectivity index (χ3n) is 3.82. The summed E-state index contributed by atoms with van der Waals surface area (Å²) in [4.78, 5) is 0. The normalized spacial score (nSPS) is 26.0. The SMILES string of the molecule is OC(OCCCCC(O)C(O)O)OCC1CCCCC1O. The number of hydrogen-bond acceptors (Lipinski definition) is 7. The van der Waals surface area contributed by atoms with Crippen molar-refractivity contribution in [1.29, 1.82) is 0 Å². The molecule has 0 heterocycles. The minimum atomic E-state index is -1.72. The second kappa shape index (κ2) is 10.4. The van der Waals surface area contributed by atoms with Gasteiger partial charge in [-0.3, -0.25) is 0 Å². The summed E-state index contributed by atoms with van der Waals surface area (Å²) in [6.07, 6.45) is 1.92. The van der Waals surface area contributed by atoms with Crippen LogP contribution in [-0.4, -0.2) is 63.7 Å². The molecule has 4 unspecified atom stereocenters. The van der Waals surface area contributed by atoms with Gasteiger partial charge in [-0.25, -0.2) is 0 Å². The van der Waals surface area contributed by atoms with E-state index in [1.807, 2.05) is 0 Å². The maximum absolute atomic E-state index is 9.76. The van der Waals surface area contributed by atoms with Gasteiger partial charge in [0.25, 0.3) is 6.48 Å². The van der Waals surface area contributed by atoms with E-state index in [9.17, 15) is 10.2 Å². The van der Waals surface area contributed by atoms with Crippen LogP contribution in [0.1, 0.15) is 44.9 Å². The van der Waals surface area contributed by atoms with E-state index in [-0.39, 0.29) is 31.7 Å². The Hall–Kier alpha value is -0.280. The molecule has 0 radical (unpaired) electrons. The first-order valence-corrected chi connectivity index (χ1v) is 7.64. The highest BCUT2D eigenvalue weighted by atomic mass is 16.8. The van der Waals surface area contributed by atoms with E-state index < -0.39 is 18.9 Å². The van der Waals surface area contributed by atoms with Crippen molar-refractivity contribution in [2.75, 3.05) is 13.2 Å². The maximum Gasteiger partial charge on any atom is 0.269 e. The van der Waals surface area contributed by atoms with Crippen LogP contribution < -0.4 is 0 Å². The van der Waals surface area contributed by atoms with Crippen LogP contribution in [0.4, 0.5) is 0 Å². The van der Waals surface area contributed by atoms with Gasteiger partial charge in [0.15, 0.2) is 6.29 Å². The lowest BCUT2D eigenvalue weighted by Crippen LogP contribution is -2.31. The molecule has 0 aliphatic heterocycles. The number of unbranched alkanes of at least 4 members (excludes halogenated alkanes) is 1. The highest BCUT2D eigenvalue weighted by molar-refractivity contribution is 4.73. The molecule has 5 N–H and O–H groups in total. The third kappa shape index (κ3) is 8.06. The van der Waals surface area contributed by atoms with Crippen LogP contribution in [0.15, 0.2) is 0 Å². The molecule has 0 aromatic carbocycles. The molecular weight excluding hydrogens is 280 g/mol. The topological polar surface area (TPSA) is 120 Å². The Bertz CT molecular complexity index is 262. The smallest absolute Gasteiger partial charge is 0.269 e. The van der Waals surface area contributed by atoms with Crippen molar-refractivity contribution < 1.29 is 35.0 Å². The molecular formula is C14H28O7. The standard InChI is InChI=1S/C14H28O7/c15-11-6-2-1-5-10(11)9-21-14(19)20-8-4-3-7-12(16)13(17)18/h10-19H,1-9H2. The largest absolute Gasteiger partial charge is 0.393 e. The number of hydrogen-bond donors (Lipinski definition) is 5. The zero-order valence-corrected chi connectivity index (χ0v) is 12.3. The summed E-state index contributed by atoms with van der Waals surface area (Å²) in [5.41, 5.74) is 0. The van der Waals surface area contributed by atoms with Gasteiger partial charge in [-0.15, -0.1) is 0 Å². The minimum Gasteiger partial charge on any atom is -0.393 e. The highest BCUT2D eigenvalue weighted by Crippen LogP contribution is 2.24. The Balaban J connectivity index is 1.99. The molecule has 0 bridgehead atoms. The quantitative estimate of drug-likeness (QED) is 0.277. The van der Waals surface area contributed by atoms with Crippen molar-refractivity contribution in [1.82, 2.24) is 0 Å². The van der Waals surface area contributed by atoms with Crippen molar-refractivity contribution in [3.05, 3.63) is 0 Å². The van der Waals surface area contributed by atoms with E-state index >= 15 is 0 Å². The van der Waals surface area contributed by atoms with E-state index in [2.05, 4.69) is 0 Å². The lowest BCUT2D eigenvalue weighted by molar-refractivity contribution is -0.270. The van der Waals surface area contributed by atoms with Gasteiger partial charge in [0.1, 0.15) is 6.10 Å². The van der Waals surface area contributed by atoms with Crippen LogP contribution >= 0.6 is 0 Å². The number of aliphatic hydroxyl groups is 5. The molecule has 1 aliphatic rings. The summed E-state index contributed by atoms with van der Waals surface area (Å²) < 4.78 is 10.2. The Morgan fingerprint density at radius 3 is 2.33 bits per heavy atom. The van der Waals surface area contributed by atoms with Gasteiger partial charge in [0.2, 0.25) is 0 Å². The number of rotatable bonds is 10. The number of aliphatic hydroxyl groups excluding tert-OH is 4. The first-order valence-electron chi connectivity index (χ1n) is 7.64. The molecule has 1 saturated carbocycles. The lowest BCUT2D eigenvalue weighted by Gasteiger charge is -2.28. The molecule has 0 amide bonds. The Labute approximate surface area is 125 Å². The van der Waals surface area contributed by atoms with E-state index in [1.165, 1.54) is 0 Å². The molecule has 0 spiro atoms. The van der Waals surface area contributed by atoms with Gasteiger partial charge in [-0.2, -0.15) is 0 Å². The molecule has 1 rings (SSSR count). The van der Waals surface area contributed by atoms with Gasteiger partial charge >= 0.3 is 0 Å². The summed E-state index contributed by atoms with van der Waals surface area (Å²) in [5.74, 6) is 0.0539. The van der Waals surface area contributed by atoms with E-state index in [1.54, 1.807) is 0 Å². The lowest BCUT2D eigenvalue weighted by atomic mass is 9.87. The first-order chi connectivity index (χ1) is 10.0. The van der Waals surface area contributed by atoms with E-state index in [0.29, 0.717) is 12.8 Å². The van der Waals surface area contributed by atoms with Crippen LogP contribution in [0.2, 0.25) is 0 Å². The van der Waals surface area contributed by atoms with Crippen LogP contribution in [0.3, 0.4) is 0 Å². The highest BCUT2D eigenvalue weighted by Gasteiger charge is 2.24. The summed E-state index contributed by atoms with van der Waals surface area (Å²) >= 11 is 0. The molecule has 1 aliphatic carbocycles. The summed E-state index contributed by atoms with van der Waals surface area (Å²) in [7, 11) is 0. The molecule has 4 atom stereocenters. The fraction of sp³-hybridized carbons (Fsp3) is 1.00. The van der Waals surface area contributed by atoms with E-state index in [4.69, 9.17) is 24.8 Å². The van der Waals surface area contributed by atoms with Gasteiger partial charge in [0, 0.05) is 5.92 Å². The van der Waals surface area contributed by atoms with Crippen LogP contribution in [0.5, 0.6) is 0 Å². The van der Waals surface area contributed by atoms with Gasteiger partial charge < -0.3 is 35.0 Å². The van der Waals surface area contributed by atoms with Crippen LogP contribution in [0, 0.1) is 5.92 Å². The predicted molar refractivity (Wildman–Crippen MR) is 74.0 cm³/mol. The number of ether oxygens (including phenoxy) is 2. The maximum atomic E-state index is 9.76. The summed E-state index contributed by atoms with van der Waals surface area (Å²) in [6.45, 7) is -0.784. The summed E-state index contributed by atoms with van der Waals surface area (Å²) in [6, 6.07) is 0. The van der Waals surface area contributed by atoms with Crippen LogP contribution in [0.25, 0.3) is 0 Å². The van der Waals surface area contributed by atoms with Gasteiger partial charge in [0.05, 0.1) is 19.3 Å². The molecule has 1 fully saturated rings. The van der Waals surface area contributed by atoms with Crippen molar-refractivity contribution in [2.45, 2.75) is 69.9 Å². The second-order valence-electron chi connectivity index (χ2n) is 5.60. The zero-order chi connectivity index (χ0) is 15.7. The Kier molecular flexibility index (Phi) is 9.34. The van der Waals surface area contributed by atoms with Crippen molar-refractivity contribution >= 4 is 0 Å². The summed E-state index contributed by atoms with van der Waals surface area (Å²) in [5, 5.41) is 45.8. The van der Waals surface area contributed by atoms with Gasteiger partial charge in [-0.1, -0.05) is 12.8 Å². The molecule has 21 heavy (non-hydrogen) atoms. The molecule has 7 nitrogen and oxygen atoms in total. The monoisotopic (exact) mass is 308 g/mol. The van der Waals surface area contributed by atoms with Crippen molar-refractivity contribution in [3.8, 4) is 0 Å². The average molecular weight is 308 g/mol. The molecule has 0 saturated heterocycles. The van der Waals surface area contributed by atoms with Crippen LogP contribution in [-0.2, 0) is 9.47 Å². The third-order valence-corrected chi connectivity index (χ3v) is 3.82. The fourth-order valence-corrected chi connectivity index (χ4v) is 2.43. The zero-order valence-electron chi connectivity index (χ0n) is 12.3. The molecule has 126 valence electrons. The average Bonchev–Trinajstić information content (AvgIpc) is 2.45. The predicted octanol–water partition coefficient (Wildman–Crippen LogP) is -0.312. The second-order valence-corrected chi connectivity index (χ2v) is 5.60. The van der Waals surface area contributed by atoms with Crippen molar-refractivity contribution in [2.24, 2.45) is 5.92 Å².